The fourth-order valence-electron chi connectivity index (χ4n) is 3.88. The van der Waals surface area contributed by atoms with Gasteiger partial charge < -0.3 is 14.2 Å². The summed E-state index contributed by atoms with van der Waals surface area (Å²) < 4.78 is 11.2. The molecule has 10 heteroatoms. The van der Waals surface area contributed by atoms with Gasteiger partial charge in [-0.2, -0.15) is 20.0 Å². The Hall–Kier alpha value is -4.08. The molecule has 0 spiro atoms. The van der Waals surface area contributed by atoms with Gasteiger partial charge in [0.05, 0.1) is 35.8 Å². The highest BCUT2D eigenvalue weighted by atomic mass is 16.5. The third-order valence-electron chi connectivity index (χ3n) is 5.30. The second-order valence-electron chi connectivity index (χ2n) is 7.24. The van der Waals surface area contributed by atoms with Gasteiger partial charge in [0.2, 0.25) is 17.6 Å². The molecule has 1 aliphatic heterocycles. The summed E-state index contributed by atoms with van der Waals surface area (Å²) in [6, 6.07) is 10.6. The summed E-state index contributed by atoms with van der Waals surface area (Å²) in [5.41, 5.74) is 1.78. The summed E-state index contributed by atoms with van der Waals surface area (Å²) in [4.78, 5) is 25.5. The van der Waals surface area contributed by atoms with E-state index in [1.807, 2.05) is 31.2 Å². The van der Waals surface area contributed by atoms with Crippen molar-refractivity contribution in [3.63, 3.8) is 0 Å². The van der Waals surface area contributed by atoms with Gasteiger partial charge in [0, 0.05) is 12.7 Å². The summed E-state index contributed by atoms with van der Waals surface area (Å²) in [5.74, 6) is 1.10. The maximum atomic E-state index is 13.5. The first kappa shape index (κ1) is 19.9. The number of aromatic nitrogens is 6. The first-order valence-corrected chi connectivity index (χ1v) is 10.4. The summed E-state index contributed by atoms with van der Waals surface area (Å²) in [6.45, 7) is 2.96. The zero-order valence-electron chi connectivity index (χ0n) is 17.5. The molecule has 0 unspecified atom stereocenters. The standard InChI is InChI=1S/C22H21N7O3/c1-2-31-20-16(8-5-11-23-20)19-26-21(32-27-19)18-10-6-14-28(18)22(30)15-7-3-4-9-17(15)29-24-12-13-25-29/h3-5,7-9,11-13,18H,2,6,10,14H2,1H3/t18-/m0/s1. The molecule has 1 aromatic carbocycles. The number of nitrogens with zero attached hydrogens (tertiary/aromatic N) is 7. The molecule has 10 nitrogen and oxygen atoms in total. The molecule has 1 saturated heterocycles. The Labute approximate surface area is 183 Å². The number of carbonyl (C=O) groups is 1. The van der Waals surface area contributed by atoms with Crippen LogP contribution in [0.2, 0.25) is 0 Å². The quantitative estimate of drug-likeness (QED) is 0.458. The van der Waals surface area contributed by atoms with Crippen LogP contribution < -0.4 is 4.74 Å². The normalized spacial score (nSPS) is 15.8. The zero-order valence-corrected chi connectivity index (χ0v) is 17.5. The van der Waals surface area contributed by atoms with E-state index in [4.69, 9.17) is 9.26 Å². The molecule has 4 aromatic rings. The van der Waals surface area contributed by atoms with Gasteiger partial charge in [-0.15, -0.1) is 0 Å². The van der Waals surface area contributed by atoms with Crippen molar-refractivity contribution in [2.24, 2.45) is 0 Å². The van der Waals surface area contributed by atoms with Gasteiger partial charge in [-0.3, -0.25) is 4.79 Å². The van der Waals surface area contributed by atoms with E-state index in [1.165, 1.54) is 4.80 Å². The van der Waals surface area contributed by atoms with E-state index in [9.17, 15) is 4.79 Å². The number of carbonyl (C=O) groups excluding carboxylic acids is 1. The molecule has 162 valence electrons. The van der Waals surface area contributed by atoms with E-state index in [0.717, 1.165) is 12.8 Å². The lowest BCUT2D eigenvalue weighted by Crippen LogP contribution is -2.31. The van der Waals surface area contributed by atoms with Crippen molar-refractivity contribution in [3.05, 3.63) is 66.4 Å². The van der Waals surface area contributed by atoms with E-state index in [0.29, 0.717) is 47.6 Å². The van der Waals surface area contributed by atoms with E-state index in [-0.39, 0.29) is 11.9 Å². The van der Waals surface area contributed by atoms with Crippen LogP contribution in [-0.2, 0) is 0 Å². The fraction of sp³-hybridized carbons (Fsp3) is 0.273. The Morgan fingerprint density at radius 2 is 2.00 bits per heavy atom. The van der Waals surface area contributed by atoms with Crippen LogP contribution in [0.3, 0.4) is 0 Å². The van der Waals surface area contributed by atoms with E-state index < -0.39 is 0 Å². The molecule has 0 aliphatic carbocycles. The number of likely N-dealkylation sites (tertiary alicyclic amines) is 1. The average Bonchev–Trinajstić information content (AvgIpc) is 3.61. The van der Waals surface area contributed by atoms with Crippen molar-refractivity contribution in [1.29, 1.82) is 0 Å². The first-order valence-electron chi connectivity index (χ1n) is 10.4. The SMILES string of the molecule is CCOc1ncccc1-c1noc([C@@H]2CCCN2C(=O)c2ccccc2-n2nccn2)n1. The lowest BCUT2D eigenvalue weighted by atomic mass is 10.1. The number of ether oxygens (including phenoxy) is 1. The molecule has 5 rings (SSSR count). The smallest absolute Gasteiger partial charge is 0.256 e. The molecule has 0 N–H and O–H groups in total. The number of amides is 1. The minimum absolute atomic E-state index is 0.128. The van der Waals surface area contributed by atoms with Crippen LogP contribution in [-0.4, -0.2) is 54.1 Å². The fourth-order valence-corrected chi connectivity index (χ4v) is 3.88. The predicted octanol–water partition coefficient (Wildman–Crippen LogP) is 3.09. The monoisotopic (exact) mass is 431 g/mol. The molecular formula is C22H21N7O3. The van der Waals surface area contributed by atoms with Gasteiger partial charge in [0.25, 0.3) is 5.91 Å². The Balaban J connectivity index is 1.44. The van der Waals surface area contributed by atoms with E-state index >= 15 is 0 Å². The number of benzene rings is 1. The summed E-state index contributed by atoms with van der Waals surface area (Å²) in [7, 11) is 0. The Morgan fingerprint density at radius 1 is 1.16 bits per heavy atom. The second-order valence-corrected chi connectivity index (χ2v) is 7.24. The second kappa shape index (κ2) is 8.58. The van der Waals surface area contributed by atoms with Crippen LogP contribution in [0.4, 0.5) is 0 Å². The summed E-state index contributed by atoms with van der Waals surface area (Å²) in [5, 5.41) is 12.5. The minimum atomic E-state index is -0.311. The van der Waals surface area contributed by atoms with Crippen LogP contribution in [0.5, 0.6) is 5.88 Å². The molecule has 1 atom stereocenters. The Morgan fingerprint density at radius 3 is 2.84 bits per heavy atom. The molecule has 3 aromatic heterocycles. The van der Waals surface area contributed by atoms with Crippen LogP contribution in [0.15, 0.2) is 59.5 Å². The van der Waals surface area contributed by atoms with Crippen molar-refractivity contribution < 1.29 is 14.1 Å². The molecular weight excluding hydrogens is 410 g/mol. The number of rotatable bonds is 6. The number of para-hydroxylation sites is 1. The third-order valence-corrected chi connectivity index (χ3v) is 5.30. The molecule has 32 heavy (non-hydrogen) atoms. The van der Waals surface area contributed by atoms with Crippen molar-refractivity contribution in [1.82, 2.24) is 35.0 Å². The van der Waals surface area contributed by atoms with Gasteiger partial charge in [-0.25, -0.2) is 4.98 Å². The molecule has 0 radical (unpaired) electrons. The highest BCUT2D eigenvalue weighted by Gasteiger charge is 2.35. The van der Waals surface area contributed by atoms with E-state index in [2.05, 4.69) is 25.3 Å². The Kier molecular flexibility index (Phi) is 5.32. The van der Waals surface area contributed by atoms with E-state index in [1.54, 1.807) is 35.6 Å². The first-order chi connectivity index (χ1) is 15.8. The highest BCUT2D eigenvalue weighted by Crippen LogP contribution is 2.35. The van der Waals surface area contributed by atoms with Crippen molar-refractivity contribution in [2.45, 2.75) is 25.8 Å². The van der Waals surface area contributed by atoms with Gasteiger partial charge in [-0.1, -0.05) is 17.3 Å². The van der Waals surface area contributed by atoms with Crippen LogP contribution >= 0.6 is 0 Å². The molecule has 0 bridgehead atoms. The zero-order chi connectivity index (χ0) is 21.9. The highest BCUT2D eigenvalue weighted by molar-refractivity contribution is 5.98. The molecule has 4 heterocycles. The molecule has 1 fully saturated rings. The van der Waals surface area contributed by atoms with Gasteiger partial charge in [0.1, 0.15) is 6.04 Å². The molecule has 0 saturated carbocycles. The molecule has 1 aliphatic rings. The van der Waals surface area contributed by atoms with Gasteiger partial charge in [0.15, 0.2) is 0 Å². The topological polar surface area (TPSA) is 112 Å². The molecule has 1 amide bonds. The van der Waals surface area contributed by atoms with Crippen molar-refractivity contribution >= 4 is 5.91 Å². The van der Waals surface area contributed by atoms with Gasteiger partial charge >= 0.3 is 0 Å². The summed E-state index contributed by atoms with van der Waals surface area (Å²) >= 11 is 0. The minimum Gasteiger partial charge on any atom is -0.477 e. The van der Waals surface area contributed by atoms with Crippen molar-refractivity contribution in [2.75, 3.05) is 13.2 Å². The maximum absolute atomic E-state index is 13.5. The van der Waals surface area contributed by atoms with Gasteiger partial charge in [-0.05, 0) is 44.0 Å². The Bertz CT molecular complexity index is 1220. The number of hydrogen-bond donors (Lipinski definition) is 0. The lowest BCUT2D eigenvalue weighted by molar-refractivity contribution is 0.0709. The lowest BCUT2D eigenvalue weighted by Gasteiger charge is -2.22. The van der Waals surface area contributed by atoms with Crippen LogP contribution in [0.1, 0.15) is 42.1 Å². The number of pyridine rings is 1. The van der Waals surface area contributed by atoms with Crippen LogP contribution in [0, 0.1) is 0 Å². The largest absolute Gasteiger partial charge is 0.477 e. The summed E-state index contributed by atoms with van der Waals surface area (Å²) in [6.07, 6.45) is 6.39. The third kappa shape index (κ3) is 3.59. The number of hydrogen-bond acceptors (Lipinski definition) is 8. The maximum Gasteiger partial charge on any atom is 0.256 e. The predicted molar refractivity (Wildman–Crippen MR) is 113 cm³/mol. The van der Waals surface area contributed by atoms with Crippen LogP contribution in [0.25, 0.3) is 17.1 Å². The average molecular weight is 431 g/mol. The van der Waals surface area contributed by atoms with Crippen molar-refractivity contribution in [3.8, 4) is 23.0 Å².